The minimum absolute atomic E-state index is 0. The zero-order valence-electron chi connectivity index (χ0n) is 13.0. The van der Waals surface area contributed by atoms with Gasteiger partial charge in [0.05, 0.1) is 11.5 Å². The van der Waals surface area contributed by atoms with Gasteiger partial charge in [0.25, 0.3) is 20.2 Å². The Morgan fingerprint density at radius 3 is 1.74 bits per heavy atom. The first kappa shape index (κ1) is 21.9. The summed E-state index contributed by atoms with van der Waals surface area (Å²) in [7, 11) is -10.1. The van der Waals surface area contributed by atoms with Crippen molar-refractivity contribution in [1.82, 2.24) is 0 Å². The zero-order chi connectivity index (χ0) is 14.4. The van der Waals surface area contributed by atoms with Crippen molar-refractivity contribution in [3.05, 3.63) is 0 Å². The van der Waals surface area contributed by atoms with Gasteiger partial charge in [-0.05, 0) is 24.6 Å². The Labute approximate surface area is 131 Å². The van der Waals surface area contributed by atoms with Crippen LogP contribution in [0.3, 0.4) is 0 Å². The van der Waals surface area contributed by atoms with E-state index in [2.05, 4.69) is 0 Å². The molecular formula is C9H23LiO6S2Si. The summed E-state index contributed by atoms with van der Waals surface area (Å²) in [6.07, 6.45) is -0.150. The van der Waals surface area contributed by atoms with Gasteiger partial charge in [-0.15, -0.1) is 0 Å². The van der Waals surface area contributed by atoms with Gasteiger partial charge in [0, 0.05) is 0 Å². The Bertz CT molecular complexity index is 441. The van der Waals surface area contributed by atoms with Crippen LogP contribution in [-0.2, 0) is 24.1 Å². The van der Waals surface area contributed by atoms with Gasteiger partial charge in [-0.25, -0.2) is 8.42 Å². The summed E-state index contributed by atoms with van der Waals surface area (Å²) < 4.78 is 58.3. The molecule has 1 N–H and O–H groups in total. The SMILES string of the molecule is CC[Si](CC)(CC)OS(=O)(=O)CCCS(=O)(=O)O.[H-].[Li+]. The molecule has 0 amide bonds. The summed E-state index contributed by atoms with van der Waals surface area (Å²) in [5, 5.41) is 0. The molecule has 0 aromatic carbocycles. The first-order chi connectivity index (χ1) is 8.10. The van der Waals surface area contributed by atoms with Gasteiger partial charge in [-0.2, -0.15) is 8.42 Å². The summed E-state index contributed by atoms with van der Waals surface area (Å²) in [6, 6.07) is 2.12. The van der Waals surface area contributed by atoms with Gasteiger partial charge in [-0.1, -0.05) is 20.8 Å². The number of hydrogen-bond acceptors (Lipinski definition) is 5. The smallest absolute Gasteiger partial charge is 1.00 e. The maximum absolute atomic E-state index is 11.7. The molecule has 0 heterocycles. The fourth-order valence-corrected chi connectivity index (χ4v) is 8.25. The molecule has 0 aliphatic heterocycles. The molecule has 0 aliphatic rings. The third kappa shape index (κ3) is 9.23. The number of hydrogen-bond donors (Lipinski definition) is 1. The van der Waals surface area contributed by atoms with E-state index in [0.717, 1.165) is 0 Å². The van der Waals surface area contributed by atoms with Crippen LogP contribution >= 0.6 is 0 Å². The molecule has 6 nitrogen and oxygen atoms in total. The second kappa shape index (κ2) is 8.82. The van der Waals surface area contributed by atoms with Gasteiger partial charge < -0.3 is 5.30 Å². The van der Waals surface area contributed by atoms with Gasteiger partial charge in [-0.3, -0.25) is 4.55 Å². The molecule has 0 bridgehead atoms. The Morgan fingerprint density at radius 2 is 1.42 bits per heavy atom. The predicted octanol–water partition coefficient (Wildman–Crippen LogP) is -1.27. The van der Waals surface area contributed by atoms with Crippen molar-refractivity contribution in [2.45, 2.75) is 45.3 Å². The molecule has 0 aliphatic carbocycles. The molecule has 0 saturated heterocycles. The van der Waals surface area contributed by atoms with Crippen molar-refractivity contribution in [1.29, 1.82) is 0 Å². The molecular weight excluding hydrogens is 303 g/mol. The van der Waals surface area contributed by atoms with Gasteiger partial charge in [0.1, 0.15) is 0 Å². The normalized spacial score (nSPS) is 13.1. The standard InChI is InChI=1S/C9H22O6S2Si.Li.H/c1-4-18(5-2,6-3)15-17(13,14)9-7-8-16(10,11)12;;/h4-9H2,1-3H3,(H,10,11,12);;/q;+1;-1. The molecule has 0 fully saturated rings. The molecule has 0 saturated carbocycles. The summed E-state index contributed by atoms with van der Waals surface area (Å²) in [4.78, 5) is 0. The van der Waals surface area contributed by atoms with Crippen molar-refractivity contribution in [3.63, 3.8) is 0 Å². The monoisotopic (exact) mass is 326 g/mol. The minimum Gasteiger partial charge on any atom is -1.00 e. The molecule has 0 aromatic rings. The maximum Gasteiger partial charge on any atom is 1.00 e. The molecule has 112 valence electrons. The first-order valence-corrected chi connectivity index (χ1v) is 11.7. The average Bonchev–Trinajstić information content (AvgIpc) is 2.24. The van der Waals surface area contributed by atoms with Crippen LogP contribution < -0.4 is 18.9 Å². The Morgan fingerprint density at radius 1 is 1.00 bits per heavy atom. The fraction of sp³-hybridized carbons (Fsp3) is 1.00. The van der Waals surface area contributed by atoms with Crippen LogP contribution in [0.2, 0.25) is 18.1 Å². The van der Waals surface area contributed by atoms with E-state index in [4.69, 9.17) is 8.42 Å². The Kier molecular flexibility index (Phi) is 10.2. The Balaban J connectivity index is -0.00000144. The van der Waals surface area contributed by atoms with E-state index in [0.29, 0.717) is 18.1 Å². The molecule has 10 heteroatoms. The third-order valence-corrected chi connectivity index (χ3v) is 10.9. The second-order valence-corrected chi connectivity index (χ2v) is 12.5. The van der Waals surface area contributed by atoms with Crippen LogP contribution in [0.5, 0.6) is 0 Å². The van der Waals surface area contributed by atoms with Crippen molar-refractivity contribution >= 4 is 28.6 Å². The second-order valence-electron chi connectivity index (χ2n) is 4.23. The van der Waals surface area contributed by atoms with Crippen LogP contribution in [0.25, 0.3) is 0 Å². The number of rotatable bonds is 9. The summed E-state index contributed by atoms with van der Waals surface area (Å²) in [6.45, 7) is 5.73. The van der Waals surface area contributed by atoms with Gasteiger partial charge in [0.2, 0.25) is 8.32 Å². The Hall–Kier alpha value is 0.634. The van der Waals surface area contributed by atoms with E-state index >= 15 is 0 Å². The van der Waals surface area contributed by atoms with Gasteiger partial charge >= 0.3 is 18.9 Å². The van der Waals surface area contributed by atoms with Crippen LogP contribution in [-0.4, -0.2) is 41.2 Å². The maximum atomic E-state index is 11.7. The van der Waals surface area contributed by atoms with Gasteiger partial charge in [0.15, 0.2) is 0 Å². The molecule has 0 radical (unpaired) electrons. The van der Waals surface area contributed by atoms with Crippen LogP contribution in [0.4, 0.5) is 0 Å². The third-order valence-electron chi connectivity index (χ3n) is 3.03. The summed E-state index contributed by atoms with van der Waals surface area (Å²) in [5.41, 5.74) is 0. The summed E-state index contributed by atoms with van der Waals surface area (Å²) >= 11 is 0. The predicted molar refractivity (Wildman–Crippen MR) is 74.2 cm³/mol. The van der Waals surface area contributed by atoms with Crippen molar-refractivity contribution in [2.24, 2.45) is 0 Å². The molecule has 0 atom stereocenters. The van der Waals surface area contributed by atoms with E-state index in [1.165, 1.54) is 0 Å². The van der Waals surface area contributed by atoms with Crippen molar-refractivity contribution in [2.75, 3.05) is 11.5 Å². The minimum atomic E-state index is -4.12. The van der Waals surface area contributed by atoms with E-state index in [1.54, 1.807) is 0 Å². The van der Waals surface area contributed by atoms with Crippen LogP contribution in [0.1, 0.15) is 28.6 Å². The molecule has 0 spiro atoms. The fourth-order valence-electron chi connectivity index (χ4n) is 1.66. The quantitative estimate of drug-likeness (QED) is 0.419. The molecule has 0 aromatic heterocycles. The van der Waals surface area contributed by atoms with E-state index < -0.39 is 34.3 Å². The molecule has 0 unspecified atom stereocenters. The van der Waals surface area contributed by atoms with Crippen LogP contribution in [0.15, 0.2) is 0 Å². The van der Waals surface area contributed by atoms with Crippen molar-refractivity contribution in [3.8, 4) is 0 Å². The van der Waals surface area contributed by atoms with Crippen LogP contribution in [0, 0.1) is 0 Å². The zero-order valence-corrected chi connectivity index (χ0v) is 14.7. The molecule has 19 heavy (non-hydrogen) atoms. The average molecular weight is 326 g/mol. The first-order valence-electron chi connectivity index (χ1n) is 5.98. The summed E-state index contributed by atoms with van der Waals surface area (Å²) in [5.74, 6) is -0.934. The van der Waals surface area contributed by atoms with E-state index in [1.807, 2.05) is 20.8 Å². The molecule has 0 rings (SSSR count). The van der Waals surface area contributed by atoms with E-state index in [9.17, 15) is 16.8 Å². The largest absolute Gasteiger partial charge is 1.00 e. The van der Waals surface area contributed by atoms with Crippen molar-refractivity contribution < 1.29 is 45.5 Å². The topological polar surface area (TPSA) is 97.7 Å². The van der Waals surface area contributed by atoms with E-state index in [-0.39, 0.29) is 32.5 Å².